The minimum Gasteiger partial charge on any atom is -0.100 e. The van der Waals surface area contributed by atoms with Gasteiger partial charge in [0.25, 0.3) is 0 Å². The van der Waals surface area contributed by atoms with E-state index in [-0.39, 0.29) is 0 Å². The SMILES string of the molecule is C=C(C)C1CCCC1.C=C(C)CCC.CCCC1CCCCC1CC. The summed E-state index contributed by atoms with van der Waals surface area (Å²) in [5.41, 5.74) is 2.68. The van der Waals surface area contributed by atoms with Crippen LogP contribution in [0.1, 0.15) is 118 Å². The largest absolute Gasteiger partial charge is 0.100 e. The molecule has 2 aliphatic rings. The van der Waals surface area contributed by atoms with Crippen LogP contribution in [0.4, 0.5) is 0 Å². The number of allylic oxidation sites excluding steroid dienone is 2. The highest BCUT2D eigenvalue weighted by Gasteiger charge is 2.22. The van der Waals surface area contributed by atoms with Crippen LogP contribution < -0.4 is 0 Å². The standard InChI is InChI=1S/C11H22.C8H14.C6H12/c1-3-7-11-9-6-5-8-10(11)4-2;1-7(2)8-5-3-4-6-8;1-4-5-6(2)3/h10-11H,3-9H2,1-2H3;8H,1,3-6H2,2H3;2,4-5H2,1,3H3. The molecule has 0 heteroatoms. The van der Waals surface area contributed by atoms with Crippen molar-refractivity contribution in [1.82, 2.24) is 0 Å². The molecule has 0 aromatic carbocycles. The second-order valence-electron chi connectivity index (χ2n) is 8.54. The predicted octanol–water partition coefficient (Wildman–Crippen LogP) is 9.12. The van der Waals surface area contributed by atoms with Crippen LogP contribution in [0.15, 0.2) is 24.3 Å². The molecule has 2 saturated carbocycles. The maximum absolute atomic E-state index is 3.94. The lowest BCUT2D eigenvalue weighted by Gasteiger charge is -2.30. The van der Waals surface area contributed by atoms with Gasteiger partial charge in [-0.15, -0.1) is 6.58 Å². The summed E-state index contributed by atoms with van der Waals surface area (Å²) in [6.07, 6.45) is 18.4. The Bertz CT molecular complexity index is 330. The van der Waals surface area contributed by atoms with E-state index in [0.29, 0.717) is 0 Å². The van der Waals surface area contributed by atoms with Crippen molar-refractivity contribution in [1.29, 1.82) is 0 Å². The molecule has 2 fully saturated rings. The zero-order valence-electron chi connectivity index (χ0n) is 18.3. The maximum atomic E-state index is 3.94. The number of hydrogen-bond donors (Lipinski definition) is 0. The van der Waals surface area contributed by atoms with Crippen molar-refractivity contribution in [3.63, 3.8) is 0 Å². The van der Waals surface area contributed by atoms with E-state index in [1.807, 2.05) is 0 Å². The molecular formula is C25H48. The fourth-order valence-corrected chi connectivity index (χ4v) is 4.42. The molecule has 0 nitrogen and oxygen atoms in total. The molecule has 2 rings (SSSR count). The molecule has 0 saturated heterocycles. The fourth-order valence-electron chi connectivity index (χ4n) is 4.42. The number of hydrogen-bond acceptors (Lipinski definition) is 0. The Hall–Kier alpha value is -0.520. The molecule has 2 unspecified atom stereocenters. The van der Waals surface area contributed by atoms with E-state index < -0.39 is 0 Å². The topological polar surface area (TPSA) is 0 Å². The summed E-state index contributed by atoms with van der Waals surface area (Å²) in [7, 11) is 0. The molecule has 0 aliphatic heterocycles. The monoisotopic (exact) mass is 348 g/mol. The summed E-state index contributed by atoms with van der Waals surface area (Å²) in [5, 5.41) is 0. The normalized spacial score (nSPS) is 23.1. The fraction of sp³-hybridized carbons (Fsp3) is 0.840. The average molecular weight is 349 g/mol. The van der Waals surface area contributed by atoms with Gasteiger partial charge in [0.15, 0.2) is 0 Å². The van der Waals surface area contributed by atoms with Gasteiger partial charge < -0.3 is 0 Å². The van der Waals surface area contributed by atoms with Crippen LogP contribution >= 0.6 is 0 Å². The first-order valence-corrected chi connectivity index (χ1v) is 11.3. The van der Waals surface area contributed by atoms with Gasteiger partial charge in [0.2, 0.25) is 0 Å². The minimum absolute atomic E-state index is 0.870. The highest BCUT2D eigenvalue weighted by Crippen LogP contribution is 2.34. The van der Waals surface area contributed by atoms with Gasteiger partial charge in [-0.3, -0.25) is 0 Å². The molecule has 0 aromatic rings. The Morgan fingerprint density at radius 1 is 0.760 bits per heavy atom. The van der Waals surface area contributed by atoms with Crippen molar-refractivity contribution in [3.05, 3.63) is 24.3 Å². The molecule has 0 heterocycles. The van der Waals surface area contributed by atoms with E-state index in [1.54, 1.807) is 0 Å². The summed E-state index contributed by atoms with van der Waals surface area (Å²) in [6, 6.07) is 0. The van der Waals surface area contributed by atoms with Crippen molar-refractivity contribution >= 4 is 0 Å². The first-order valence-electron chi connectivity index (χ1n) is 11.3. The Labute approximate surface area is 160 Å². The van der Waals surface area contributed by atoms with Crippen molar-refractivity contribution < 1.29 is 0 Å². The molecule has 25 heavy (non-hydrogen) atoms. The summed E-state index contributed by atoms with van der Waals surface area (Å²) in [5.74, 6) is 3.03. The van der Waals surface area contributed by atoms with Gasteiger partial charge in [-0.05, 0) is 50.9 Å². The maximum Gasteiger partial charge on any atom is -0.0209 e. The van der Waals surface area contributed by atoms with E-state index >= 15 is 0 Å². The second-order valence-corrected chi connectivity index (χ2v) is 8.54. The van der Waals surface area contributed by atoms with Gasteiger partial charge in [0.05, 0.1) is 0 Å². The Morgan fingerprint density at radius 3 is 1.60 bits per heavy atom. The van der Waals surface area contributed by atoms with Gasteiger partial charge in [-0.2, -0.15) is 0 Å². The Kier molecular flexibility index (Phi) is 15.4. The van der Waals surface area contributed by atoms with Crippen LogP contribution in [0.25, 0.3) is 0 Å². The lowest BCUT2D eigenvalue weighted by Crippen LogP contribution is -2.18. The summed E-state index contributed by atoms with van der Waals surface area (Å²) in [4.78, 5) is 0. The average Bonchev–Trinajstić information content (AvgIpc) is 3.11. The molecule has 2 aliphatic carbocycles. The second kappa shape index (κ2) is 15.7. The molecule has 148 valence electrons. The molecule has 2 atom stereocenters. The van der Waals surface area contributed by atoms with Crippen LogP contribution in [0, 0.1) is 17.8 Å². The summed E-state index contributed by atoms with van der Waals surface area (Å²) >= 11 is 0. The molecule has 0 aromatic heterocycles. The van der Waals surface area contributed by atoms with Crippen molar-refractivity contribution in [2.24, 2.45) is 17.8 Å². The molecule has 0 radical (unpaired) electrons. The number of rotatable bonds is 6. The van der Waals surface area contributed by atoms with E-state index in [0.717, 1.165) is 17.8 Å². The first kappa shape index (κ1) is 24.5. The molecule has 0 bridgehead atoms. The third-order valence-corrected chi connectivity index (χ3v) is 5.98. The highest BCUT2D eigenvalue weighted by molar-refractivity contribution is 4.97. The quantitative estimate of drug-likeness (QED) is 0.420. The van der Waals surface area contributed by atoms with Gasteiger partial charge in [-0.25, -0.2) is 0 Å². The first-order chi connectivity index (χ1) is 12.0. The molecular weight excluding hydrogens is 300 g/mol. The van der Waals surface area contributed by atoms with Crippen molar-refractivity contribution in [3.8, 4) is 0 Å². The molecule has 0 spiro atoms. The smallest absolute Gasteiger partial charge is 0.0209 e. The summed E-state index contributed by atoms with van der Waals surface area (Å²) < 4.78 is 0. The van der Waals surface area contributed by atoms with Crippen molar-refractivity contribution in [2.45, 2.75) is 118 Å². The Morgan fingerprint density at radius 2 is 1.28 bits per heavy atom. The van der Waals surface area contributed by atoms with Crippen molar-refractivity contribution in [2.75, 3.05) is 0 Å². The van der Waals surface area contributed by atoms with Gasteiger partial charge in [-0.1, -0.05) is 103 Å². The van der Waals surface area contributed by atoms with Gasteiger partial charge in [0, 0.05) is 0 Å². The van der Waals surface area contributed by atoms with E-state index in [4.69, 9.17) is 0 Å². The third-order valence-electron chi connectivity index (χ3n) is 5.98. The van der Waals surface area contributed by atoms with Crippen LogP contribution in [0.3, 0.4) is 0 Å². The van der Waals surface area contributed by atoms with E-state index in [1.165, 1.54) is 94.6 Å². The zero-order valence-corrected chi connectivity index (χ0v) is 18.3. The van der Waals surface area contributed by atoms with Crippen LogP contribution in [-0.4, -0.2) is 0 Å². The molecule has 0 N–H and O–H groups in total. The van der Waals surface area contributed by atoms with Gasteiger partial charge >= 0.3 is 0 Å². The summed E-state index contributed by atoms with van der Waals surface area (Å²) in [6.45, 7) is 18.7. The predicted molar refractivity (Wildman–Crippen MR) is 117 cm³/mol. The lowest BCUT2D eigenvalue weighted by atomic mass is 9.76. The lowest BCUT2D eigenvalue weighted by molar-refractivity contribution is 0.216. The zero-order chi connectivity index (χ0) is 19.1. The van der Waals surface area contributed by atoms with Crippen LogP contribution in [0.2, 0.25) is 0 Å². The van der Waals surface area contributed by atoms with E-state index in [2.05, 4.69) is 47.8 Å². The highest BCUT2D eigenvalue weighted by atomic mass is 14.3. The minimum atomic E-state index is 0.870. The Balaban J connectivity index is 0.000000365. The van der Waals surface area contributed by atoms with Crippen LogP contribution in [-0.2, 0) is 0 Å². The van der Waals surface area contributed by atoms with Crippen LogP contribution in [0.5, 0.6) is 0 Å². The third kappa shape index (κ3) is 12.5. The van der Waals surface area contributed by atoms with Gasteiger partial charge in [0.1, 0.15) is 0 Å². The van der Waals surface area contributed by atoms with E-state index in [9.17, 15) is 0 Å². The molecule has 0 amide bonds.